The molecule has 2 aromatic rings. The number of ether oxygens (including phenoxy) is 2. The van der Waals surface area contributed by atoms with Crippen molar-refractivity contribution in [2.24, 2.45) is 11.3 Å². The van der Waals surface area contributed by atoms with Gasteiger partial charge < -0.3 is 19.5 Å². The number of aliphatic hydroxyl groups is 1. The molecule has 2 aromatic carbocycles. The molecule has 34 heavy (non-hydrogen) atoms. The molecular formula is C28H37O5P. The van der Waals surface area contributed by atoms with Crippen molar-refractivity contribution in [3.63, 3.8) is 0 Å². The summed E-state index contributed by atoms with van der Waals surface area (Å²) in [5.74, 6) is 3.56. The van der Waals surface area contributed by atoms with Crippen LogP contribution in [0.25, 0.3) is 0 Å². The van der Waals surface area contributed by atoms with Gasteiger partial charge in [-0.3, -0.25) is 4.57 Å². The van der Waals surface area contributed by atoms with E-state index in [-0.39, 0.29) is 6.16 Å². The van der Waals surface area contributed by atoms with Gasteiger partial charge in [-0.05, 0) is 109 Å². The lowest BCUT2D eigenvalue weighted by atomic mass is 9.77. The molecule has 0 saturated heterocycles. The third-order valence-electron chi connectivity index (χ3n) is 8.28. The third kappa shape index (κ3) is 5.37. The van der Waals surface area contributed by atoms with Gasteiger partial charge in [-0.1, -0.05) is 18.2 Å². The van der Waals surface area contributed by atoms with Crippen molar-refractivity contribution in [1.82, 2.24) is 0 Å². The molecule has 3 saturated carbocycles. The predicted octanol–water partition coefficient (Wildman–Crippen LogP) is 6.25. The lowest BCUT2D eigenvalue weighted by Gasteiger charge is -2.30. The zero-order valence-electron chi connectivity index (χ0n) is 20.3. The van der Waals surface area contributed by atoms with Gasteiger partial charge >= 0.3 is 0 Å². The van der Waals surface area contributed by atoms with E-state index in [2.05, 4.69) is 18.2 Å². The van der Waals surface area contributed by atoms with Gasteiger partial charge in [0, 0.05) is 6.66 Å². The Kier molecular flexibility index (Phi) is 6.56. The first-order valence-corrected chi connectivity index (χ1v) is 14.9. The predicted molar refractivity (Wildman–Crippen MR) is 134 cm³/mol. The first-order valence-electron chi connectivity index (χ1n) is 12.6. The van der Waals surface area contributed by atoms with Gasteiger partial charge in [-0.2, -0.15) is 0 Å². The molecule has 3 aliphatic rings. The number of benzene rings is 2. The van der Waals surface area contributed by atoms with E-state index in [9.17, 15) is 14.6 Å². The zero-order chi connectivity index (χ0) is 23.9. The Morgan fingerprint density at radius 3 is 2.47 bits per heavy atom. The molecule has 0 amide bonds. The second kappa shape index (κ2) is 9.33. The standard InChI is InChI=1S/C28H37O5P/c1-32-22-10-11-24(26-16-28(26)12-13-28)25(15-22)20-8-6-19(7-9-20)17-33-23-5-3-4-21(14-23)27(29)18-34(2,30)31/h3-5,10-11,14-15,19-20,26-27,29H,6-9,12-13,16-18H2,1-2H3,(H,30,31)/t19?,20?,26?,27-/m1/s1. The highest BCUT2D eigenvalue weighted by Gasteiger charge is 2.63. The minimum atomic E-state index is -3.29. The first kappa shape index (κ1) is 23.9. The summed E-state index contributed by atoms with van der Waals surface area (Å²) in [6.45, 7) is 1.94. The number of hydrogen-bond donors (Lipinski definition) is 2. The maximum Gasteiger partial charge on any atom is 0.200 e. The van der Waals surface area contributed by atoms with E-state index in [0.717, 1.165) is 24.5 Å². The fraction of sp³-hybridized carbons (Fsp3) is 0.571. The normalized spacial score (nSPS) is 27.6. The molecule has 3 fully saturated rings. The minimum absolute atomic E-state index is 0.144. The van der Waals surface area contributed by atoms with Crippen LogP contribution >= 0.6 is 7.37 Å². The lowest BCUT2D eigenvalue weighted by molar-refractivity contribution is 0.191. The molecule has 0 radical (unpaired) electrons. The summed E-state index contributed by atoms with van der Waals surface area (Å²) in [7, 11) is -1.53. The summed E-state index contributed by atoms with van der Waals surface area (Å²) in [5.41, 5.74) is 4.37. The lowest BCUT2D eigenvalue weighted by Crippen LogP contribution is -2.20. The minimum Gasteiger partial charge on any atom is -0.497 e. The Morgan fingerprint density at radius 1 is 1.06 bits per heavy atom. The van der Waals surface area contributed by atoms with Crippen molar-refractivity contribution in [2.75, 3.05) is 26.5 Å². The van der Waals surface area contributed by atoms with Crippen LogP contribution in [0.1, 0.15) is 79.6 Å². The summed E-state index contributed by atoms with van der Waals surface area (Å²) in [6, 6.07) is 14.0. The first-order chi connectivity index (χ1) is 16.3. The fourth-order valence-corrected chi connectivity index (χ4v) is 6.80. The van der Waals surface area contributed by atoms with Gasteiger partial charge in [0.2, 0.25) is 7.37 Å². The van der Waals surface area contributed by atoms with E-state index >= 15 is 0 Å². The summed E-state index contributed by atoms with van der Waals surface area (Å²) in [6.07, 6.45) is 7.71. The van der Waals surface area contributed by atoms with Gasteiger partial charge in [0.15, 0.2) is 0 Å². The zero-order valence-corrected chi connectivity index (χ0v) is 21.2. The topological polar surface area (TPSA) is 76.0 Å². The number of hydrogen-bond acceptors (Lipinski definition) is 4. The molecule has 1 spiro atoms. The number of methoxy groups -OCH3 is 1. The van der Waals surface area contributed by atoms with Crippen molar-refractivity contribution in [2.45, 2.75) is 62.9 Å². The van der Waals surface area contributed by atoms with E-state index in [0.29, 0.717) is 35.2 Å². The van der Waals surface area contributed by atoms with Gasteiger partial charge in [-0.15, -0.1) is 0 Å². The molecule has 3 atom stereocenters. The highest BCUT2D eigenvalue weighted by molar-refractivity contribution is 7.57. The molecular weight excluding hydrogens is 447 g/mol. The molecule has 0 aromatic heterocycles. The second-order valence-corrected chi connectivity index (χ2v) is 13.4. The van der Waals surface area contributed by atoms with Crippen LogP contribution in [0, 0.1) is 11.3 Å². The van der Waals surface area contributed by atoms with E-state index in [1.165, 1.54) is 44.3 Å². The monoisotopic (exact) mass is 484 g/mol. The second-order valence-electron chi connectivity index (χ2n) is 11.0. The van der Waals surface area contributed by atoms with Gasteiger partial charge in [0.05, 0.1) is 26.0 Å². The Bertz CT molecular complexity index is 1060. The summed E-state index contributed by atoms with van der Waals surface area (Å²) < 4.78 is 23.3. The van der Waals surface area contributed by atoms with Crippen molar-refractivity contribution in [3.8, 4) is 11.5 Å². The Labute approximate surface area is 203 Å². The largest absolute Gasteiger partial charge is 0.497 e. The smallest absolute Gasteiger partial charge is 0.200 e. The van der Waals surface area contributed by atoms with Crippen molar-refractivity contribution in [1.29, 1.82) is 0 Å². The molecule has 3 aliphatic carbocycles. The summed E-state index contributed by atoms with van der Waals surface area (Å²) >= 11 is 0. The number of rotatable bonds is 9. The van der Waals surface area contributed by atoms with Crippen LogP contribution in [0.4, 0.5) is 0 Å². The van der Waals surface area contributed by atoms with Crippen LogP contribution in [0.5, 0.6) is 11.5 Å². The summed E-state index contributed by atoms with van der Waals surface area (Å²) in [4.78, 5) is 9.56. The summed E-state index contributed by atoms with van der Waals surface area (Å²) in [5, 5.41) is 10.3. The van der Waals surface area contributed by atoms with Gasteiger partial charge in [-0.25, -0.2) is 0 Å². The van der Waals surface area contributed by atoms with E-state index in [1.807, 2.05) is 12.1 Å². The van der Waals surface area contributed by atoms with Gasteiger partial charge in [0.1, 0.15) is 11.5 Å². The maximum absolute atomic E-state index is 11.6. The molecule has 6 heteroatoms. The van der Waals surface area contributed by atoms with Crippen LogP contribution in [0.3, 0.4) is 0 Å². The van der Waals surface area contributed by atoms with Crippen molar-refractivity contribution >= 4 is 7.37 Å². The number of aliphatic hydroxyl groups excluding tert-OH is 1. The van der Waals surface area contributed by atoms with Crippen molar-refractivity contribution in [3.05, 3.63) is 59.2 Å². The Hall–Kier alpha value is -1.81. The van der Waals surface area contributed by atoms with Gasteiger partial charge in [0.25, 0.3) is 0 Å². The molecule has 0 bridgehead atoms. The van der Waals surface area contributed by atoms with E-state index in [1.54, 1.807) is 24.8 Å². The molecule has 2 N–H and O–H groups in total. The average molecular weight is 485 g/mol. The van der Waals surface area contributed by atoms with Crippen LogP contribution in [0.15, 0.2) is 42.5 Å². The SMILES string of the molecule is COc1ccc(C2CC23CC3)c(C2CCC(COc3cccc([C@H](O)CP(C)(=O)O)c3)CC2)c1. The van der Waals surface area contributed by atoms with Crippen LogP contribution < -0.4 is 9.47 Å². The molecule has 0 aliphatic heterocycles. The van der Waals surface area contributed by atoms with Crippen LogP contribution in [-0.2, 0) is 4.57 Å². The van der Waals surface area contributed by atoms with E-state index < -0.39 is 13.5 Å². The molecule has 5 nitrogen and oxygen atoms in total. The molecule has 5 rings (SSSR count). The van der Waals surface area contributed by atoms with E-state index in [4.69, 9.17) is 9.47 Å². The highest BCUT2D eigenvalue weighted by atomic mass is 31.2. The maximum atomic E-state index is 11.6. The molecule has 0 heterocycles. The average Bonchev–Trinajstić information content (AvgIpc) is 3.75. The quantitative estimate of drug-likeness (QED) is 0.412. The van der Waals surface area contributed by atoms with Crippen molar-refractivity contribution < 1.29 is 24.0 Å². The Morgan fingerprint density at radius 2 is 1.82 bits per heavy atom. The molecule has 184 valence electrons. The molecule has 2 unspecified atom stereocenters. The fourth-order valence-electron chi connectivity index (χ4n) is 5.94. The van der Waals surface area contributed by atoms with Crippen LogP contribution in [0.2, 0.25) is 0 Å². The third-order valence-corrected chi connectivity index (χ3v) is 9.30. The highest BCUT2D eigenvalue weighted by Crippen LogP contribution is 2.75. The Balaban J connectivity index is 1.17. The van der Waals surface area contributed by atoms with Crippen LogP contribution in [-0.4, -0.2) is 36.5 Å².